The van der Waals surface area contributed by atoms with Crippen LogP contribution in [0.4, 0.5) is 0 Å². The molecule has 0 heterocycles. The molecule has 0 saturated heterocycles. The van der Waals surface area contributed by atoms with Crippen molar-refractivity contribution in [3.8, 4) is 0 Å². The minimum Gasteiger partial charge on any atom is -0.466 e. The van der Waals surface area contributed by atoms with Crippen LogP contribution in [0.2, 0.25) is 12.6 Å². The topological polar surface area (TPSA) is 26.3 Å². The van der Waals surface area contributed by atoms with Gasteiger partial charge < -0.3 is 4.74 Å². The van der Waals surface area contributed by atoms with E-state index in [-0.39, 0.29) is 5.97 Å². The Morgan fingerprint density at radius 1 is 1.55 bits per heavy atom. The number of hydrogen-bond donors (Lipinski definition) is 0. The Hall–Kier alpha value is 0.267. The Bertz CT molecular complexity index is 133. The first kappa shape index (κ1) is 11.3. The molecule has 0 aromatic rings. The van der Waals surface area contributed by atoms with Gasteiger partial charge in [-0.05, 0) is 19.5 Å². The van der Waals surface area contributed by atoms with Gasteiger partial charge in [-0.15, -0.1) is 22.2 Å². The van der Waals surface area contributed by atoms with Crippen molar-refractivity contribution in [1.82, 2.24) is 0 Å². The number of rotatable bonds is 4. The summed E-state index contributed by atoms with van der Waals surface area (Å²) in [5.74, 6) is -0.215. The molecule has 2 nitrogen and oxygen atoms in total. The van der Waals surface area contributed by atoms with Gasteiger partial charge in [-0.2, -0.15) is 0 Å². The van der Waals surface area contributed by atoms with E-state index in [2.05, 4.69) is 0 Å². The Balaban J connectivity index is 3.46. The van der Waals surface area contributed by atoms with Crippen LogP contribution in [-0.2, 0) is 9.53 Å². The molecule has 0 aliphatic heterocycles. The highest BCUT2D eigenvalue weighted by Crippen LogP contribution is 2.21. The smallest absolute Gasteiger partial charge is 0.305 e. The molecule has 0 aliphatic carbocycles. The number of carbonyl (C=O) groups excluding carboxylic acids is 1. The van der Waals surface area contributed by atoms with Crippen molar-refractivity contribution in [1.29, 1.82) is 0 Å². The lowest BCUT2D eigenvalue weighted by Crippen LogP contribution is -2.15. The summed E-state index contributed by atoms with van der Waals surface area (Å²) in [6, 6.07) is 0.564. The van der Waals surface area contributed by atoms with Crippen molar-refractivity contribution in [3.05, 3.63) is 0 Å². The molecule has 0 fully saturated rings. The van der Waals surface area contributed by atoms with Crippen LogP contribution in [0, 0.1) is 0 Å². The maximum Gasteiger partial charge on any atom is 0.305 e. The normalized spacial score (nSPS) is 11.3. The van der Waals surface area contributed by atoms with Crippen LogP contribution in [0.5, 0.6) is 0 Å². The number of halogens is 2. The van der Waals surface area contributed by atoms with E-state index in [9.17, 15) is 4.79 Å². The van der Waals surface area contributed by atoms with Crippen molar-refractivity contribution >= 4 is 34.8 Å². The molecule has 0 aromatic carbocycles. The third kappa shape index (κ3) is 8.17. The number of carbonyl (C=O) groups is 1. The van der Waals surface area contributed by atoms with Crippen molar-refractivity contribution in [2.24, 2.45) is 0 Å². The molecule has 66 valence electrons. The van der Waals surface area contributed by atoms with Crippen LogP contribution in [0.1, 0.15) is 13.3 Å². The summed E-state index contributed by atoms with van der Waals surface area (Å²) in [6.45, 7) is 1.87. The molecule has 0 unspecified atom stereocenters. The summed E-state index contributed by atoms with van der Waals surface area (Å²) in [5, 5.41) is 0. The van der Waals surface area contributed by atoms with Crippen LogP contribution >= 0.6 is 22.2 Å². The molecule has 5 heteroatoms. The highest BCUT2D eigenvalue weighted by atomic mass is 35.7. The van der Waals surface area contributed by atoms with Crippen LogP contribution in [0.3, 0.4) is 0 Å². The molecule has 0 spiro atoms. The van der Waals surface area contributed by atoms with E-state index in [4.69, 9.17) is 26.9 Å². The van der Waals surface area contributed by atoms with E-state index >= 15 is 0 Å². The largest absolute Gasteiger partial charge is 0.466 e. The summed E-state index contributed by atoms with van der Waals surface area (Å²) < 4.78 is 4.70. The monoisotopic (exact) mass is 214 g/mol. The molecule has 0 amide bonds. The lowest BCUT2D eigenvalue weighted by atomic mass is 10.5. The summed E-state index contributed by atoms with van der Waals surface area (Å²) in [4.78, 5) is 10.8. The van der Waals surface area contributed by atoms with Crippen LogP contribution in [0.25, 0.3) is 0 Å². The average molecular weight is 215 g/mol. The Morgan fingerprint density at radius 3 is 2.45 bits per heavy atom. The lowest BCUT2D eigenvalue weighted by molar-refractivity contribution is -0.142. The maximum absolute atomic E-state index is 10.8. The summed E-state index contributed by atoms with van der Waals surface area (Å²) >= 11 is 11.5. The quantitative estimate of drug-likeness (QED) is 0.409. The second-order valence-electron chi connectivity index (χ2n) is 2.38. The molecule has 0 bridgehead atoms. The van der Waals surface area contributed by atoms with E-state index < -0.39 is 6.69 Å². The van der Waals surface area contributed by atoms with Gasteiger partial charge in [-0.25, -0.2) is 0 Å². The van der Waals surface area contributed by atoms with Crippen molar-refractivity contribution < 1.29 is 9.53 Å². The zero-order valence-corrected chi connectivity index (χ0v) is 9.21. The van der Waals surface area contributed by atoms with Crippen LogP contribution in [-0.4, -0.2) is 19.3 Å². The first-order valence-corrected chi connectivity index (χ1v) is 8.22. The first-order chi connectivity index (χ1) is 4.95. The molecular weight excluding hydrogens is 203 g/mol. The van der Waals surface area contributed by atoms with Gasteiger partial charge in [-0.1, -0.05) is 0 Å². The van der Waals surface area contributed by atoms with Gasteiger partial charge in [-0.3, -0.25) is 4.79 Å². The molecule has 0 saturated carbocycles. The van der Waals surface area contributed by atoms with Gasteiger partial charge in [0.1, 0.15) is 0 Å². The van der Waals surface area contributed by atoms with Crippen molar-refractivity contribution in [2.45, 2.75) is 25.9 Å². The van der Waals surface area contributed by atoms with Crippen LogP contribution < -0.4 is 0 Å². The van der Waals surface area contributed by atoms with E-state index in [1.165, 1.54) is 0 Å². The van der Waals surface area contributed by atoms with Gasteiger partial charge in [0, 0.05) is 6.42 Å². The number of ether oxygens (including phenoxy) is 1. The molecule has 11 heavy (non-hydrogen) atoms. The molecular formula is C6H12Cl2O2Si. The number of esters is 1. The second-order valence-corrected chi connectivity index (χ2v) is 10.6. The Kier molecular flexibility index (Phi) is 5.13. The molecule has 0 rings (SSSR count). The zero-order valence-electron chi connectivity index (χ0n) is 6.69. The molecule has 0 N–H and O–H groups in total. The van der Waals surface area contributed by atoms with Gasteiger partial charge in [0.25, 0.3) is 0 Å². The Morgan fingerprint density at radius 2 is 2.09 bits per heavy atom. The van der Waals surface area contributed by atoms with Gasteiger partial charge >= 0.3 is 5.97 Å². The zero-order chi connectivity index (χ0) is 8.91. The van der Waals surface area contributed by atoms with Gasteiger partial charge in [0.05, 0.1) is 6.61 Å². The van der Waals surface area contributed by atoms with E-state index in [0.717, 1.165) is 0 Å². The molecule has 0 radical (unpaired) electrons. The summed E-state index contributed by atoms with van der Waals surface area (Å²) in [6.07, 6.45) is 0.337. The molecule has 0 atom stereocenters. The minimum absolute atomic E-state index is 0.215. The number of hydrogen-bond acceptors (Lipinski definition) is 2. The predicted molar refractivity (Wildman–Crippen MR) is 49.4 cm³/mol. The maximum atomic E-state index is 10.8. The van der Waals surface area contributed by atoms with Crippen molar-refractivity contribution in [2.75, 3.05) is 6.61 Å². The average Bonchev–Trinajstić information content (AvgIpc) is 1.83. The molecule has 0 aromatic heterocycles. The molecule has 0 aliphatic rings. The van der Waals surface area contributed by atoms with Crippen molar-refractivity contribution in [3.63, 3.8) is 0 Å². The second kappa shape index (κ2) is 5.01. The fraction of sp³-hybridized carbons (Fsp3) is 0.833. The van der Waals surface area contributed by atoms with Gasteiger partial charge in [0.15, 0.2) is 0 Å². The lowest BCUT2D eigenvalue weighted by Gasteiger charge is -2.08. The van der Waals surface area contributed by atoms with E-state index in [1.807, 2.05) is 0 Å². The van der Waals surface area contributed by atoms with E-state index in [0.29, 0.717) is 19.1 Å². The summed E-state index contributed by atoms with van der Waals surface area (Å²) in [5.41, 5.74) is 0. The summed E-state index contributed by atoms with van der Waals surface area (Å²) in [7, 11) is 0. The highest BCUT2D eigenvalue weighted by Gasteiger charge is 2.22. The van der Waals surface area contributed by atoms with Crippen LogP contribution in [0.15, 0.2) is 0 Å². The first-order valence-electron chi connectivity index (χ1n) is 3.49. The third-order valence-corrected chi connectivity index (χ3v) is 3.34. The fourth-order valence-electron chi connectivity index (χ4n) is 0.555. The SMILES string of the molecule is CCOC(=O)CC[Si](C)(Cl)Cl. The Labute approximate surface area is 77.2 Å². The standard InChI is InChI=1S/C6H12Cl2O2Si/c1-3-10-6(9)4-5-11(2,7)8/h3-5H2,1-2H3. The van der Waals surface area contributed by atoms with Gasteiger partial charge in [0.2, 0.25) is 6.69 Å². The fourth-order valence-corrected chi connectivity index (χ4v) is 1.76. The third-order valence-electron chi connectivity index (χ3n) is 1.07. The minimum atomic E-state index is -2.11. The predicted octanol–water partition coefficient (Wildman–Crippen LogP) is 2.49. The van der Waals surface area contributed by atoms with E-state index in [1.54, 1.807) is 13.5 Å². The highest BCUT2D eigenvalue weighted by molar-refractivity contribution is 7.44.